The largest absolute Gasteiger partial charge is 0.493 e. The summed E-state index contributed by atoms with van der Waals surface area (Å²) in [4.78, 5) is 0. The van der Waals surface area contributed by atoms with Crippen molar-refractivity contribution in [2.45, 2.75) is 32.5 Å². The first-order valence-corrected chi connectivity index (χ1v) is 9.39. The molecule has 0 saturated carbocycles. The summed E-state index contributed by atoms with van der Waals surface area (Å²) in [6.45, 7) is 2.88. The first-order valence-electron chi connectivity index (χ1n) is 8.25. The molecule has 0 aliphatic rings. The van der Waals surface area contributed by atoms with E-state index < -0.39 is 0 Å². The predicted molar refractivity (Wildman–Crippen MR) is 107 cm³/mol. The zero-order valence-corrected chi connectivity index (χ0v) is 17.0. The van der Waals surface area contributed by atoms with E-state index in [1.165, 1.54) is 0 Å². The van der Waals surface area contributed by atoms with Crippen LogP contribution in [0.25, 0.3) is 0 Å². The van der Waals surface area contributed by atoms with E-state index in [0.29, 0.717) is 33.1 Å². The lowest BCUT2D eigenvalue weighted by Crippen LogP contribution is -2.31. The Morgan fingerprint density at radius 2 is 1.77 bits per heavy atom. The van der Waals surface area contributed by atoms with E-state index in [4.69, 9.17) is 44.3 Å². The molecule has 0 fully saturated rings. The number of aliphatic hydroxyl groups excluding tert-OH is 1. The molecule has 0 bridgehead atoms. The third-order valence-corrected chi connectivity index (χ3v) is 4.96. The van der Waals surface area contributed by atoms with E-state index >= 15 is 0 Å². The number of hydrogen-bond acceptors (Lipinski definition) is 4. The second-order valence-corrected chi connectivity index (χ2v) is 7.04. The molecule has 0 aromatic heterocycles. The Hall–Kier alpha value is -1.17. The number of hydrogen-bond donors (Lipinski definition) is 2. The fourth-order valence-corrected chi connectivity index (χ4v) is 3.06. The molecule has 0 saturated heterocycles. The van der Waals surface area contributed by atoms with Gasteiger partial charge in [0.15, 0.2) is 11.5 Å². The van der Waals surface area contributed by atoms with E-state index in [0.717, 1.165) is 17.5 Å². The van der Waals surface area contributed by atoms with E-state index in [1.807, 2.05) is 19.1 Å². The fraction of sp³-hybridized carbons (Fsp3) is 0.368. The predicted octanol–water partition coefficient (Wildman–Crippen LogP) is 5.09. The van der Waals surface area contributed by atoms with Crippen molar-refractivity contribution in [1.29, 1.82) is 0 Å². The maximum atomic E-state index is 9.28. The van der Waals surface area contributed by atoms with Gasteiger partial charge in [-0.2, -0.15) is 0 Å². The first-order chi connectivity index (χ1) is 12.5. The minimum Gasteiger partial charge on any atom is -0.493 e. The Morgan fingerprint density at radius 1 is 1.04 bits per heavy atom. The Kier molecular flexibility index (Phi) is 8.32. The van der Waals surface area contributed by atoms with Crippen LogP contribution in [-0.2, 0) is 13.2 Å². The van der Waals surface area contributed by atoms with Gasteiger partial charge in [-0.05, 0) is 30.2 Å². The highest BCUT2D eigenvalue weighted by molar-refractivity contribution is 6.35. The minimum atomic E-state index is 0.0278. The molecular weight excluding hydrogens is 397 g/mol. The molecule has 0 radical (unpaired) electrons. The highest BCUT2D eigenvalue weighted by Gasteiger charge is 2.13. The Morgan fingerprint density at radius 3 is 2.38 bits per heavy atom. The van der Waals surface area contributed by atoms with Crippen LogP contribution in [0.15, 0.2) is 30.3 Å². The average molecular weight is 419 g/mol. The molecule has 142 valence electrons. The number of ether oxygens (including phenoxy) is 2. The van der Waals surface area contributed by atoms with Crippen molar-refractivity contribution in [3.63, 3.8) is 0 Å². The van der Waals surface area contributed by atoms with Gasteiger partial charge in [0.05, 0.1) is 13.7 Å². The summed E-state index contributed by atoms with van der Waals surface area (Å²) in [5, 5.41) is 14.2. The summed E-state index contributed by atoms with van der Waals surface area (Å²) in [7, 11) is 1.57. The summed E-state index contributed by atoms with van der Waals surface area (Å²) in [5.41, 5.74) is 1.68. The molecule has 0 heterocycles. The van der Waals surface area contributed by atoms with Crippen LogP contribution in [0.1, 0.15) is 24.5 Å². The smallest absolute Gasteiger partial charge is 0.163 e. The van der Waals surface area contributed by atoms with Gasteiger partial charge in [-0.25, -0.2) is 0 Å². The molecule has 0 aliphatic carbocycles. The van der Waals surface area contributed by atoms with Gasteiger partial charge in [0, 0.05) is 39.3 Å². The minimum absolute atomic E-state index is 0.0278. The van der Waals surface area contributed by atoms with E-state index in [2.05, 4.69) is 5.32 Å². The molecular formula is C19H22Cl3NO3. The molecule has 0 unspecified atom stereocenters. The summed E-state index contributed by atoms with van der Waals surface area (Å²) >= 11 is 18.5. The van der Waals surface area contributed by atoms with Gasteiger partial charge in [0.1, 0.15) is 6.61 Å². The van der Waals surface area contributed by atoms with Crippen molar-refractivity contribution >= 4 is 34.8 Å². The van der Waals surface area contributed by atoms with E-state index in [1.54, 1.807) is 25.3 Å². The lowest BCUT2D eigenvalue weighted by molar-refractivity contribution is 0.238. The monoisotopic (exact) mass is 417 g/mol. The van der Waals surface area contributed by atoms with Crippen LogP contribution < -0.4 is 14.8 Å². The lowest BCUT2D eigenvalue weighted by Gasteiger charge is -2.17. The first kappa shape index (κ1) is 21.1. The van der Waals surface area contributed by atoms with Crippen molar-refractivity contribution in [3.8, 4) is 11.5 Å². The maximum absolute atomic E-state index is 9.28. The molecule has 0 spiro atoms. The van der Waals surface area contributed by atoms with Crippen LogP contribution in [0.3, 0.4) is 0 Å². The van der Waals surface area contributed by atoms with Gasteiger partial charge < -0.3 is 19.9 Å². The van der Waals surface area contributed by atoms with E-state index in [9.17, 15) is 5.11 Å². The third kappa shape index (κ3) is 5.66. The van der Waals surface area contributed by atoms with E-state index in [-0.39, 0.29) is 19.3 Å². The van der Waals surface area contributed by atoms with Gasteiger partial charge in [-0.1, -0.05) is 47.8 Å². The van der Waals surface area contributed by atoms with Crippen molar-refractivity contribution in [2.75, 3.05) is 13.7 Å². The Balaban J connectivity index is 2.12. The molecule has 2 N–H and O–H groups in total. The van der Waals surface area contributed by atoms with Crippen LogP contribution >= 0.6 is 34.8 Å². The molecule has 7 heteroatoms. The summed E-state index contributed by atoms with van der Waals surface area (Å²) in [5.74, 6) is 1.11. The quantitative estimate of drug-likeness (QED) is 0.595. The van der Waals surface area contributed by atoms with Crippen LogP contribution in [-0.4, -0.2) is 24.9 Å². The molecule has 26 heavy (non-hydrogen) atoms. The van der Waals surface area contributed by atoms with Crippen LogP contribution in [0, 0.1) is 0 Å². The van der Waals surface area contributed by atoms with Crippen molar-refractivity contribution in [3.05, 3.63) is 56.5 Å². The Bertz CT molecular complexity index is 736. The van der Waals surface area contributed by atoms with Crippen molar-refractivity contribution < 1.29 is 14.6 Å². The van der Waals surface area contributed by atoms with Gasteiger partial charge in [0.25, 0.3) is 0 Å². The highest BCUT2D eigenvalue weighted by Crippen LogP contribution is 2.34. The average Bonchev–Trinajstić information content (AvgIpc) is 2.63. The maximum Gasteiger partial charge on any atom is 0.163 e. The zero-order valence-electron chi connectivity index (χ0n) is 14.7. The van der Waals surface area contributed by atoms with Crippen molar-refractivity contribution in [2.24, 2.45) is 0 Å². The van der Waals surface area contributed by atoms with Crippen LogP contribution in [0.5, 0.6) is 11.5 Å². The number of aliphatic hydroxyl groups is 1. The van der Waals surface area contributed by atoms with Gasteiger partial charge in [0.2, 0.25) is 0 Å². The standard InChI is InChI=1S/C19H22Cl3NO3/c1-3-15(10-24)23-9-13-6-18(25-2)19(8-17(13)22)26-11-12-4-5-14(20)7-16(12)21/h4-8,15,23-24H,3,9-11H2,1-2H3/t15-/m0/s1. The lowest BCUT2D eigenvalue weighted by atomic mass is 10.1. The number of nitrogens with one attached hydrogen (secondary N) is 1. The molecule has 0 amide bonds. The number of rotatable bonds is 9. The molecule has 1 atom stereocenters. The second-order valence-electron chi connectivity index (χ2n) is 5.79. The molecule has 2 rings (SSSR count). The number of methoxy groups -OCH3 is 1. The zero-order chi connectivity index (χ0) is 19.1. The normalized spacial score (nSPS) is 12.1. The topological polar surface area (TPSA) is 50.7 Å². The number of benzene rings is 2. The number of halogens is 3. The summed E-state index contributed by atoms with van der Waals surface area (Å²) in [6.07, 6.45) is 0.828. The summed E-state index contributed by atoms with van der Waals surface area (Å²) in [6, 6.07) is 8.83. The highest BCUT2D eigenvalue weighted by atomic mass is 35.5. The molecule has 2 aromatic carbocycles. The van der Waals surface area contributed by atoms with Gasteiger partial charge >= 0.3 is 0 Å². The fourth-order valence-electron chi connectivity index (χ4n) is 2.37. The molecule has 4 nitrogen and oxygen atoms in total. The van der Waals surface area contributed by atoms with Crippen LogP contribution in [0.4, 0.5) is 0 Å². The summed E-state index contributed by atoms with van der Waals surface area (Å²) < 4.78 is 11.3. The van der Waals surface area contributed by atoms with Crippen molar-refractivity contribution in [1.82, 2.24) is 5.32 Å². The molecule has 2 aromatic rings. The van der Waals surface area contributed by atoms with Gasteiger partial charge in [-0.15, -0.1) is 0 Å². The van der Waals surface area contributed by atoms with Crippen LogP contribution in [0.2, 0.25) is 15.1 Å². The third-order valence-electron chi connectivity index (χ3n) is 4.03. The Labute approximate surface area is 169 Å². The second kappa shape index (κ2) is 10.2. The van der Waals surface area contributed by atoms with Gasteiger partial charge in [-0.3, -0.25) is 0 Å². The molecule has 0 aliphatic heterocycles. The SMILES string of the molecule is CC[C@@H](CO)NCc1cc(OC)c(OCc2ccc(Cl)cc2Cl)cc1Cl.